The van der Waals surface area contributed by atoms with Crippen LogP contribution in [0.5, 0.6) is 0 Å². The van der Waals surface area contributed by atoms with Gasteiger partial charge in [0.1, 0.15) is 5.00 Å². The molecule has 1 aromatic carbocycles. The first-order valence-corrected chi connectivity index (χ1v) is 16.2. The Bertz CT molecular complexity index is 1250. The number of sulfonamides is 1. The summed E-state index contributed by atoms with van der Waals surface area (Å²) in [5, 5.41) is 3.59. The number of carbonyl (C=O) groups excluding carboxylic acids is 2. The first-order valence-electron chi connectivity index (χ1n) is 14.0. The zero-order chi connectivity index (χ0) is 28.0. The molecule has 1 saturated heterocycles. The number of hydrogen-bond donors (Lipinski definition) is 1. The largest absolute Gasteiger partial charge is 0.379 e. The van der Waals surface area contributed by atoms with Gasteiger partial charge < -0.3 is 15.0 Å². The van der Waals surface area contributed by atoms with Crippen molar-refractivity contribution < 1.29 is 22.7 Å². The smallest absolute Gasteiger partial charge is 0.257 e. The molecule has 9 nitrogen and oxygen atoms in total. The van der Waals surface area contributed by atoms with Crippen molar-refractivity contribution in [2.24, 2.45) is 0 Å². The van der Waals surface area contributed by atoms with E-state index in [4.69, 9.17) is 4.74 Å². The van der Waals surface area contributed by atoms with Crippen molar-refractivity contribution in [3.05, 3.63) is 45.8 Å². The Kier molecular flexibility index (Phi) is 10.2. The van der Waals surface area contributed by atoms with Crippen LogP contribution in [0.4, 0.5) is 5.00 Å². The van der Waals surface area contributed by atoms with E-state index in [1.54, 1.807) is 0 Å². The second-order valence-corrected chi connectivity index (χ2v) is 13.1. The lowest BCUT2D eigenvalue weighted by atomic mass is 10.0. The van der Waals surface area contributed by atoms with Crippen LogP contribution >= 0.6 is 11.3 Å². The topological polar surface area (TPSA) is 99.3 Å². The molecular weight excluding hydrogens is 536 g/mol. The van der Waals surface area contributed by atoms with Crippen molar-refractivity contribution in [3.63, 3.8) is 0 Å². The number of fused-ring (bicyclic) bond motifs is 1. The summed E-state index contributed by atoms with van der Waals surface area (Å²) in [6.45, 7) is 11.7. The van der Waals surface area contributed by atoms with Crippen LogP contribution in [-0.4, -0.2) is 86.8 Å². The van der Waals surface area contributed by atoms with Crippen LogP contribution in [0.15, 0.2) is 29.2 Å². The van der Waals surface area contributed by atoms with Gasteiger partial charge in [-0.05, 0) is 62.1 Å². The normalized spacial score (nSPS) is 16.6. The van der Waals surface area contributed by atoms with Gasteiger partial charge in [0.2, 0.25) is 10.0 Å². The first kappa shape index (κ1) is 29.7. The van der Waals surface area contributed by atoms with E-state index in [1.807, 2.05) is 4.90 Å². The maximum Gasteiger partial charge on any atom is 0.257 e. The van der Waals surface area contributed by atoms with Crippen LogP contribution in [0.25, 0.3) is 0 Å². The van der Waals surface area contributed by atoms with Gasteiger partial charge in [0.15, 0.2) is 0 Å². The number of benzene rings is 1. The van der Waals surface area contributed by atoms with Crippen LogP contribution in [0.1, 0.15) is 71.2 Å². The van der Waals surface area contributed by atoms with Crippen LogP contribution in [-0.2, 0) is 27.7 Å². The summed E-state index contributed by atoms with van der Waals surface area (Å²) in [6.07, 6.45) is 3.57. The van der Waals surface area contributed by atoms with Gasteiger partial charge in [-0.25, -0.2) is 8.42 Å². The minimum Gasteiger partial charge on any atom is -0.379 e. The maximum absolute atomic E-state index is 13.8. The maximum atomic E-state index is 13.8. The van der Waals surface area contributed by atoms with Gasteiger partial charge in [-0.2, -0.15) is 4.31 Å². The van der Waals surface area contributed by atoms with Gasteiger partial charge in [0, 0.05) is 49.7 Å². The molecule has 0 unspecified atom stereocenters. The third kappa shape index (κ3) is 6.71. The van der Waals surface area contributed by atoms with Gasteiger partial charge in [-0.3, -0.25) is 14.5 Å². The molecule has 0 bridgehead atoms. The van der Waals surface area contributed by atoms with Gasteiger partial charge in [-0.15, -0.1) is 11.3 Å². The average Bonchev–Trinajstić information content (AvgIpc) is 3.30. The summed E-state index contributed by atoms with van der Waals surface area (Å²) in [5.41, 5.74) is 2.01. The van der Waals surface area contributed by atoms with Gasteiger partial charge in [-0.1, -0.05) is 20.8 Å². The highest BCUT2D eigenvalue weighted by Gasteiger charge is 2.31. The predicted molar refractivity (Wildman–Crippen MR) is 154 cm³/mol. The predicted octanol–water partition coefficient (Wildman–Crippen LogP) is 4.05. The number of amides is 2. The van der Waals surface area contributed by atoms with E-state index in [1.165, 1.54) is 39.9 Å². The van der Waals surface area contributed by atoms with Crippen molar-refractivity contribution >= 4 is 38.2 Å². The average molecular weight is 577 g/mol. The van der Waals surface area contributed by atoms with E-state index in [9.17, 15) is 18.0 Å². The number of nitrogens with one attached hydrogen (secondary N) is 1. The zero-order valence-corrected chi connectivity index (χ0v) is 24.8. The Morgan fingerprint density at radius 2 is 1.67 bits per heavy atom. The fourth-order valence-electron chi connectivity index (χ4n) is 5.18. The van der Waals surface area contributed by atoms with E-state index < -0.39 is 10.0 Å². The molecule has 2 amide bonds. The molecule has 2 aromatic rings. The Morgan fingerprint density at radius 3 is 2.28 bits per heavy atom. The van der Waals surface area contributed by atoms with Crippen LogP contribution < -0.4 is 5.32 Å². The van der Waals surface area contributed by atoms with E-state index >= 15 is 0 Å². The number of thiophene rings is 1. The number of morpholine rings is 1. The highest BCUT2D eigenvalue weighted by Crippen LogP contribution is 2.38. The summed E-state index contributed by atoms with van der Waals surface area (Å²) in [5.74, 6) is -0.386. The van der Waals surface area contributed by atoms with Crippen molar-refractivity contribution in [3.8, 4) is 0 Å². The van der Waals surface area contributed by atoms with Crippen molar-refractivity contribution in [1.82, 2.24) is 14.1 Å². The van der Waals surface area contributed by atoms with Crippen LogP contribution in [0.2, 0.25) is 0 Å². The summed E-state index contributed by atoms with van der Waals surface area (Å²) in [6, 6.07) is 6.00. The molecule has 1 aromatic heterocycles. The summed E-state index contributed by atoms with van der Waals surface area (Å²) in [4.78, 5) is 32.7. The molecule has 11 heteroatoms. The number of hydrogen-bond acceptors (Lipinski definition) is 7. The third-order valence-corrected chi connectivity index (χ3v) is 10.2. The molecular formula is C28H40N4O5S2. The number of anilines is 1. The fraction of sp³-hybridized carbons (Fsp3) is 0.571. The fourth-order valence-corrected chi connectivity index (χ4v) is 7.87. The number of nitrogens with zero attached hydrogens (tertiary/aromatic N) is 3. The second-order valence-electron chi connectivity index (χ2n) is 10.0. The molecule has 2 aliphatic heterocycles. The van der Waals surface area contributed by atoms with E-state index in [0.717, 1.165) is 55.8 Å². The minimum atomic E-state index is -3.65. The summed E-state index contributed by atoms with van der Waals surface area (Å²) in [7, 11) is -3.65. The number of ether oxygens (including phenoxy) is 1. The van der Waals surface area contributed by atoms with Gasteiger partial charge in [0.25, 0.3) is 11.8 Å². The Morgan fingerprint density at radius 1 is 1.00 bits per heavy atom. The first-order chi connectivity index (χ1) is 18.8. The van der Waals surface area contributed by atoms with Crippen molar-refractivity contribution in [1.29, 1.82) is 0 Å². The molecule has 2 aliphatic rings. The highest BCUT2D eigenvalue weighted by molar-refractivity contribution is 7.89. The Balaban J connectivity index is 1.59. The highest BCUT2D eigenvalue weighted by atomic mass is 32.2. The molecule has 0 radical (unpaired) electrons. The van der Waals surface area contributed by atoms with Crippen molar-refractivity contribution in [2.75, 3.05) is 57.8 Å². The molecule has 0 spiro atoms. The number of rotatable bonds is 11. The zero-order valence-electron chi connectivity index (χ0n) is 23.2. The molecule has 0 saturated carbocycles. The number of carbonyl (C=O) groups is 2. The molecule has 39 heavy (non-hydrogen) atoms. The van der Waals surface area contributed by atoms with E-state index in [2.05, 4.69) is 31.0 Å². The van der Waals surface area contributed by atoms with E-state index in [-0.39, 0.29) is 16.7 Å². The lowest BCUT2D eigenvalue weighted by Crippen LogP contribution is -2.40. The quantitative estimate of drug-likeness (QED) is 0.433. The summed E-state index contributed by atoms with van der Waals surface area (Å²) < 4.78 is 32.6. The van der Waals surface area contributed by atoms with Gasteiger partial charge in [0.05, 0.1) is 23.7 Å². The summed E-state index contributed by atoms with van der Waals surface area (Å²) >= 11 is 1.49. The van der Waals surface area contributed by atoms with Gasteiger partial charge >= 0.3 is 0 Å². The third-order valence-electron chi connectivity index (χ3n) is 7.12. The standard InChI is InChI=1S/C28H40N4O5S2/c1-4-12-30-15-11-23-24(20-30)38-27(25(23)28(34)31(13-5-2)14-6-3)29-26(33)21-7-9-22(10-8-21)39(35,36)32-16-18-37-19-17-32/h7-10H,4-6,11-20H2,1-3H3,(H,29,33). The molecule has 1 fully saturated rings. The molecule has 214 valence electrons. The minimum absolute atomic E-state index is 0.0256. The lowest BCUT2D eigenvalue weighted by molar-refractivity contribution is 0.0730. The monoisotopic (exact) mass is 576 g/mol. The lowest BCUT2D eigenvalue weighted by Gasteiger charge is -2.27. The van der Waals surface area contributed by atoms with E-state index in [0.29, 0.717) is 55.5 Å². The Hall–Kier alpha value is -2.31. The van der Waals surface area contributed by atoms with Crippen molar-refractivity contribution in [2.45, 2.75) is 57.9 Å². The molecule has 0 atom stereocenters. The molecule has 4 rings (SSSR count). The van der Waals surface area contributed by atoms with Crippen LogP contribution in [0, 0.1) is 0 Å². The Labute approximate surface area is 236 Å². The van der Waals surface area contributed by atoms with Crippen LogP contribution in [0.3, 0.4) is 0 Å². The second kappa shape index (κ2) is 13.4. The SMILES string of the molecule is CCCN1CCc2c(sc(NC(=O)c3ccc(S(=O)(=O)N4CCOCC4)cc3)c2C(=O)N(CCC)CCC)C1. The molecule has 1 N–H and O–H groups in total. The molecule has 0 aliphatic carbocycles. The molecule has 3 heterocycles.